The summed E-state index contributed by atoms with van der Waals surface area (Å²) in [7, 11) is 0. The molecule has 2 aromatic carbocycles. The summed E-state index contributed by atoms with van der Waals surface area (Å²) in [6.07, 6.45) is 2.51. The summed E-state index contributed by atoms with van der Waals surface area (Å²) in [4.78, 5) is 35.9. The molecule has 148 valence electrons. The minimum absolute atomic E-state index is 0.0332. The molecule has 1 aliphatic carbocycles. The Hall–Kier alpha value is -3.81. The lowest BCUT2D eigenvalue weighted by molar-refractivity contribution is -0.123. The van der Waals surface area contributed by atoms with Gasteiger partial charge in [0.15, 0.2) is 6.61 Å². The zero-order chi connectivity index (χ0) is 20.4. The highest BCUT2D eigenvalue weighted by molar-refractivity contribution is 5.97. The predicted octanol–water partition coefficient (Wildman–Crippen LogP) is 1.83. The Labute approximate surface area is 165 Å². The van der Waals surface area contributed by atoms with Gasteiger partial charge in [-0.25, -0.2) is 4.79 Å². The number of hydrazine groups is 1. The first kappa shape index (κ1) is 18.5. The molecule has 0 fully saturated rings. The molecule has 0 bridgehead atoms. The number of para-hydroxylation sites is 1. The van der Waals surface area contributed by atoms with Crippen molar-refractivity contribution in [2.24, 2.45) is 0 Å². The van der Waals surface area contributed by atoms with E-state index in [1.54, 1.807) is 24.3 Å². The van der Waals surface area contributed by atoms with Crippen molar-refractivity contribution in [2.45, 2.75) is 19.3 Å². The van der Waals surface area contributed by atoms with Crippen LogP contribution in [0.25, 0.3) is 11.0 Å². The second-order valence-corrected chi connectivity index (χ2v) is 6.67. The standard InChI is InChI=1S/C21H18N2O6/c24-17-7-2-1-4-16(17)20(26)23-22-19(25)11-28-12-8-9-14-13-5-3-6-15(13)21(27)29-18(14)10-12/h1-2,4,7-10,24H,3,5-6,11H2,(H,22,25)(H,23,26). The van der Waals surface area contributed by atoms with Gasteiger partial charge in [-0.3, -0.25) is 20.4 Å². The Bertz CT molecular complexity index is 1170. The molecular weight excluding hydrogens is 376 g/mol. The predicted molar refractivity (Wildman–Crippen MR) is 104 cm³/mol. The number of nitrogens with one attached hydrogen (secondary N) is 2. The number of aromatic hydroxyl groups is 1. The SMILES string of the molecule is O=C(COc1ccc2c3c(c(=O)oc2c1)CCC3)NNC(=O)c1ccccc1O. The van der Waals surface area contributed by atoms with E-state index in [9.17, 15) is 19.5 Å². The molecule has 1 aromatic heterocycles. The molecule has 2 amide bonds. The molecule has 0 radical (unpaired) electrons. The van der Waals surface area contributed by atoms with Gasteiger partial charge in [0.05, 0.1) is 5.56 Å². The Kier molecular flexibility index (Phi) is 4.90. The van der Waals surface area contributed by atoms with Crippen LogP contribution in [-0.4, -0.2) is 23.5 Å². The van der Waals surface area contributed by atoms with E-state index < -0.39 is 11.8 Å². The third kappa shape index (κ3) is 3.77. The van der Waals surface area contributed by atoms with Crippen molar-refractivity contribution in [1.29, 1.82) is 0 Å². The molecule has 3 aromatic rings. The fourth-order valence-electron chi connectivity index (χ4n) is 3.40. The van der Waals surface area contributed by atoms with E-state index in [4.69, 9.17) is 9.15 Å². The number of phenolic OH excluding ortho intramolecular Hbond substituents is 1. The van der Waals surface area contributed by atoms with Crippen molar-refractivity contribution in [2.75, 3.05) is 6.61 Å². The third-order valence-corrected chi connectivity index (χ3v) is 4.78. The van der Waals surface area contributed by atoms with Crippen molar-refractivity contribution >= 4 is 22.8 Å². The van der Waals surface area contributed by atoms with Crippen LogP contribution < -0.4 is 21.2 Å². The number of amides is 2. The fourth-order valence-corrected chi connectivity index (χ4v) is 3.40. The number of aryl methyl sites for hydroxylation is 1. The van der Waals surface area contributed by atoms with Crippen LogP contribution >= 0.6 is 0 Å². The molecule has 0 saturated heterocycles. The molecule has 0 atom stereocenters. The van der Waals surface area contributed by atoms with Crippen molar-refractivity contribution in [1.82, 2.24) is 10.9 Å². The lowest BCUT2D eigenvalue weighted by Gasteiger charge is -2.10. The van der Waals surface area contributed by atoms with E-state index in [2.05, 4.69) is 10.9 Å². The van der Waals surface area contributed by atoms with Gasteiger partial charge in [-0.15, -0.1) is 0 Å². The first-order valence-electron chi connectivity index (χ1n) is 9.11. The van der Waals surface area contributed by atoms with Crippen LogP contribution in [0.5, 0.6) is 11.5 Å². The van der Waals surface area contributed by atoms with E-state index in [0.717, 1.165) is 35.8 Å². The van der Waals surface area contributed by atoms with Gasteiger partial charge in [-0.05, 0) is 49.1 Å². The molecule has 8 nitrogen and oxygen atoms in total. The number of ether oxygens (including phenoxy) is 1. The summed E-state index contributed by atoms with van der Waals surface area (Å²) in [5, 5.41) is 10.5. The summed E-state index contributed by atoms with van der Waals surface area (Å²) in [5.74, 6) is -1.08. The topological polar surface area (TPSA) is 118 Å². The summed E-state index contributed by atoms with van der Waals surface area (Å²) < 4.78 is 10.8. The van der Waals surface area contributed by atoms with Crippen LogP contribution in [0.15, 0.2) is 51.7 Å². The average molecular weight is 394 g/mol. The normalized spacial score (nSPS) is 12.4. The maximum Gasteiger partial charge on any atom is 0.339 e. The van der Waals surface area contributed by atoms with Crippen LogP contribution in [-0.2, 0) is 17.6 Å². The van der Waals surface area contributed by atoms with Crippen molar-refractivity contribution < 1.29 is 23.8 Å². The van der Waals surface area contributed by atoms with E-state index in [1.165, 1.54) is 12.1 Å². The highest BCUT2D eigenvalue weighted by Gasteiger charge is 2.19. The molecule has 0 saturated carbocycles. The minimum atomic E-state index is -0.655. The molecule has 0 unspecified atom stereocenters. The Morgan fingerprint density at radius 1 is 1.07 bits per heavy atom. The number of hydrogen-bond acceptors (Lipinski definition) is 6. The molecule has 0 spiro atoms. The quantitative estimate of drug-likeness (QED) is 0.459. The number of carbonyl (C=O) groups excluding carboxylic acids is 2. The monoisotopic (exact) mass is 394 g/mol. The van der Waals surface area contributed by atoms with Crippen LogP contribution in [0.4, 0.5) is 0 Å². The molecule has 8 heteroatoms. The van der Waals surface area contributed by atoms with Gasteiger partial charge in [0.1, 0.15) is 17.1 Å². The highest BCUT2D eigenvalue weighted by Crippen LogP contribution is 2.29. The highest BCUT2D eigenvalue weighted by atomic mass is 16.5. The van der Waals surface area contributed by atoms with Gasteiger partial charge in [0.25, 0.3) is 11.8 Å². The summed E-state index contributed by atoms with van der Waals surface area (Å²) in [6.45, 7) is -0.359. The summed E-state index contributed by atoms with van der Waals surface area (Å²) in [5.41, 5.74) is 6.30. The van der Waals surface area contributed by atoms with E-state index in [0.29, 0.717) is 11.3 Å². The fraction of sp³-hybridized carbons (Fsp3) is 0.190. The Morgan fingerprint density at radius 3 is 2.69 bits per heavy atom. The third-order valence-electron chi connectivity index (χ3n) is 4.78. The number of hydrogen-bond donors (Lipinski definition) is 3. The maximum absolute atomic E-state index is 12.1. The first-order chi connectivity index (χ1) is 14.0. The number of carbonyl (C=O) groups is 2. The van der Waals surface area contributed by atoms with Gasteiger partial charge >= 0.3 is 5.63 Å². The lowest BCUT2D eigenvalue weighted by atomic mass is 10.1. The molecule has 3 N–H and O–H groups in total. The number of rotatable bonds is 4. The van der Waals surface area contributed by atoms with Gasteiger partial charge in [0, 0.05) is 17.0 Å². The molecule has 1 aliphatic rings. The minimum Gasteiger partial charge on any atom is -0.507 e. The van der Waals surface area contributed by atoms with Gasteiger partial charge < -0.3 is 14.3 Å². The van der Waals surface area contributed by atoms with Crippen LogP contribution in [0, 0.1) is 0 Å². The van der Waals surface area contributed by atoms with Crippen LogP contribution in [0.1, 0.15) is 27.9 Å². The van der Waals surface area contributed by atoms with Crippen LogP contribution in [0.2, 0.25) is 0 Å². The van der Waals surface area contributed by atoms with Gasteiger partial charge in [0.2, 0.25) is 0 Å². The average Bonchev–Trinajstić information content (AvgIpc) is 3.21. The Morgan fingerprint density at radius 2 is 1.86 bits per heavy atom. The van der Waals surface area contributed by atoms with Crippen molar-refractivity contribution in [3.05, 3.63) is 69.6 Å². The van der Waals surface area contributed by atoms with E-state index in [1.807, 2.05) is 6.07 Å². The van der Waals surface area contributed by atoms with E-state index >= 15 is 0 Å². The zero-order valence-corrected chi connectivity index (χ0v) is 15.4. The zero-order valence-electron chi connectivity index (χ0n) is 15.4. The largest absolute Gasteiger partial charge is 0.507 e. The summed E-state index contributed by atoms with van der Waals surface area (Å²) in [6, 6.07) is 11.1. The molecular formula is C21H18N2O6. The van der Waals surface area contributed by atoms with Crippen molar-refractivity contribution in [3.8, 4) is 11.5 Å². The summed E-state index contributed by atoms with van der Waals surface area (Å²) >= 11 is 0. The molecule has 4 rings (SSSR count). The molecule has 1 heterocycles. The smallest absolute Gasteiger partial charge is 0.339 e. The number of phenols is 1. The number of benzene rings is 2. The second-order valence-electron chi connectivity index (χ2n) is 6.67. The van der Waals surface area contributed by atoms with Crippen LogP contribution in [0.3, 0.4) is 0 Å². The Balaban J connectivity index is 1.37. The lowest BCUT2D eigenvalue weighted by Crippen LogP contribution is -2.43. The second kappa shape index (κ2) is 7.67. The van der Waals surface area contributed by atoms with E-state index in [-0.39, 0.29) is 23.5 Å². The maximum atomic E-state index is 12.1. The molecule has 29 heavy (non-hydrogen) atoms. The first-order valence-corrected chi connectivity index (χ1v) is 9.11. The van der Waals surface area contributed by atoms with Crippen molar-refractivity contribution in [3.63, 3.8) is 0 Å². The molecule has 0 aliphatic heterocycles. The van der Waals surface area contributed by atoms with Gasteiger partial charge in [-0.2, -0.15) is 0 Å². The number of fused-ring (bicyclic) bond motifs is 3. The van der Waals surface area contributed by atoms with Gasteiger partial charge in [-0.1, -0.05) is 12.1 Å².